The van der Waals surface area contributed by atoms with Gasteiger partial charge in [-0.05, 0) is 29.9 Å². The molecular weight excluding hydrogens is 250 g/mol. The quantitative estimate of drug-likeness (QED) is 0.860. The normalized spacial score (nSPS) is 10.4. The van der Waals surface area contributed by atoms with E-state index in [0.717, 1.165) is 17.1 Å². The van der Waals surface area contributed by atoms with E-state index in [4.69, 9.17) is 21.7 Å². The average Bonchev–Trinajstić information content (AvgIpc) is 2.70. The third-order valence-corrected chi connectivity index (χ3v) is 3.15. The topological polar surface area (TPSA) is 52.1 Å². The van der Waals surface area contributed by atoms with Crippen LogP contribution >= 0.6 is 12.2 Å². The van der Waals surface area contributed by atoms with Crippen molar-refractivity contribution in [1.82, 2.24) is 14.8 Å². The molecule has 0 fully saturated rings. The summed E-state index contributed by atoms with van der Waals surface area (Å²) >= 11 is 5.08. The molecule has 0 aliphatic carbocycles. The predicted molar refractivity (Wildman–Crippen MR) is 70.7 cm³/mol. The van der Waals surface area contributed by atoms with Crippen molar-refractivity contribution in [2.24, 2.45) is 7.05 Å². The van der Waals surface area contributed by atoms with Crippen molar-refractivity contribution in [3.05, 3.63) is 34.4 Å². The van der Waals surface area contributed by atoms with Crippen LogP contribution in [0.3, 0.4) is 0 Å². The maximum atomic E-state index is 5.27. The van der Waals surface area contributed by atoms with Gasteiger partial charge < -0.3 is 14.0 Å². The highest BCUT2D eigenvalue weighted by molar-refractivity contribution is 7.71. The molecule has 1 N–H and O–H groups in total. The third-order valence-electron chi connectivity index (χ3n) is 2.78. The Labute approximate surface area is 110 Å². The van der Waals surface area contributed by atoms with Crippen LogP contribution in [-0.2, 0) is 13.5 Å². The van der Waals surface area contributed by atoms with Crippen LogP contribution in [0.4, 0.5) is 0 Å². The molecule has 0 aliphatic rings. The van der Waals surface area contributed by atoms with Gasteiger partial charge in [0.2, 0.25) is 0 Å². The van der Waals surface area contributed by atoms with Gasteiger partial charge in [-0.3, -0.25) is 5.10 Å². The van der Waals surface area contributed by atoms with Crippen LogP contribution in [-0.4, -0.2) is 29.0 Å². The van der Waals surface area contributed by atoms with Gasteiger partial charge in [-0.25, -0.2) is 0 Å². The highest BCUT2D eigenvalue weighted by atomic mass is 32.1. The van der Waals surface area contributed by atoms with Gasteiger partial charge in [0.1, 0.15) is 5.82 Å². The third kappa shape index (κ3) is 2.38. The molecule has 96 valence electrons. The lowest BCUT2D eigenvalue weighted by molar-refractivity contribution is 0.354. The summed E-state index contributed by atoms with van der Waals surface area (Å²) in [6, 6.07) is 5.81. The van der Waals surface area contributed by atoms with Crippen molar-refractivity contribution in [3.8, 4) is 11.5 Å². The molecule has 1 aromatic carbocycles. The number of H-pyrrole nitrogens is 1. The van der Waals surface area contributed by atoms with Crippen molar-refractivity contribution in [2.75, 3.05) is 14.2 Å². The van der Waals surface area contributed by atoms with Gasteiger partial charge in [0.15, 0.2) is 16.3 Å². The summed E-state index contributed by atoms with van der Waals surface area (Å²) in [5.74, 6) is 2.32. The Balaban J connectivity index is 2.30. The second-order valence-corrected chi connectivity index (χ2v) is 4.26. The summed E-state index contributed by atoms with van der Waals surface area (Å²) in [5, 5.41) is 6.95. The lowest BCUT2D eigenvalue weighted by Gasteiger charge is -2.09. The number of benzene rings is 1. The molecule has 0 radical (unpaired) electrons. The van der Waals surface area contributed by atoms with Gasteiger partial charge in [0, 0.05) is 13.5 Å². The Hall–Kier alpha value is -1.82. The first-order valence-corrected chi connectivity index (χ1v) is 5.87. The van der Waals surface area contributed by atoms with Gasteiger partial charge in [0.05, 0.1) is 14.2 Å². The second kappa shape index (κ2) is 5.22. The zero-order chi connectivity index (χ0) is 13.1. The van der Waals surface area contributed by atoms with Crippen molar-refractivity contribution >= 4 is 12.2 Å². The van der Waals surface area contributed by atoms with E-state index in [-0.39, 0.29) is 0 Å². The number of aromatic amines is 1. The Morgan fingerprint density at radius 1 is 1.28 bits per heavy atom. The summed E-state index contributed by atoms with van der Waals surface area (Å²) in [7, 11) is 5.13. The van der Waals surface area contributed by atoms with Crippen molar-refractivity contribution in [3.63, 3.8) is 0 Å². The van der Waals surface area contributed by atoms with Crippen molar-refractivity contribution in [1.29, 1.82) is 0 Å². The number of hydrogen-bond donors (Lipinski definition) is 1. The van der Waals surface area contributed by atoms with Crippen molar-refractivity contribution < 1.29 is 9.47 Å². The molecule has 2 aromatic rings. The van der Waals surface area contributed by atoms with Crippen LogP contribution in [0.2, 0.25) is 0 Å². The first kappa shape index (κ1) is 12.6. The highest BCUT2D eigenvalue weighted by Gasteiger charge is 2.08. The number of aromatic nitrogens is 3. The van der Waals surface area contributed by atoms with Crippen LogP contribution in [0, 0.1) is 4.77 Å². The molecule has 0 saturated carbocycles. The standard InChI is InChI=1S/C12H15N3O2S/c1-15-11(13-14-12(15)18)7-8-4-5-9(16-2)10(6-8)17-3/h4-6H,7H2,1-3H3,(H,14,18). The van der Waals surface area contributed by atoms with Gasteiger partial charge in [-0.2, -0.15) is 5.10 Å². The van der Waals surface area contributed by atoms with Crippen LogP contribution < -0.4 is 9.47 Å². The molecule has 0 unspecified atom stereocenters. The van der Waals surface area contributed by atoms with Crippen LogP contribution in [0.5, 0.6) is 11.5 Å². The summed E-state index contributed by atoms with van der Waals surface area (Å²) in [6.45, 7) is 0. The number of methoxy groups -OCH3 is 2. The number of hydrogen-bond acceptors (Lipinski definition) is 4. The summed E-state index contributed by atoms with van der Waals surface area (Å²) < 4.78 is 12.9. The number of rotatable bonds is 4. The van der Waals surface area contributed by atoms with Gasteiger partial charge >= 0.3 is 0 Å². The van der Waals surface area contributed by atoms with Gasteiger partial charge in [0.25, 0.3) is 0 Å². The molecule has 0 spiro atoms. The van der Waals surface area contributed by atoms with Crippen LogP contribution in [0.15, 0.2) is 18.2 Å². The second-order valence-electron chi connectivity index (χ2n) is 3.87. The fraction of sp³-hybridized carbons (Fsp3) is 0.333. The Morgan fingerprint density at radius 2 is 2.00 bits per heavy atom. The molecule has 0 amide bonds. The minimum atomic E-state index is 0.616. The fourth-order valence-corrected chi connectivity index (χ4v) is 1.86. The predicted octanol–water partition coefficient (Wildman–Crippen LogP) is 2.09. The van der Waals surface area contributed by atoms with E-state index in [1.807, 2.05) is 29.8 Å². The SMILES string of the molecule is COc1ccc(Cc2n[nH]c(=S)n2C)cc1OC. The zero-order valence-electron chi connectivity index (χ0n) is 10.6. The van der Waals surface area contributed by atoms with E-state index in [1.165, 1.54) is 0 Å². The molecule has 0 atom stereocenters. The zero-order valence-corrected chi connectivity index (χ0v) is 11.4. The molecule has 6 heteroatoms. The van der Waals surface area contributed by atoms with Crippen LogP contribution in [0.25, 0.3) is 0 Å². The molecule has 5 nitrogen and oxygen atoms in total. The Kier molecular flexibility index (Phi) is 3.66. The maximum Gasteiger partial charge on any atom is 0.194 e. The van der Waals surface area contributed by atoms with E-state index in [1.54, 1.807) is 14.2 Å². The fourth-order valence-electron chi connectivity index (χ4n) is 1.71. The Bertz CT molecular complexity index is 604. The largest absolute Gasteiger partial charge is 0.493 e. The van der Waals surface area contributed by atoms with Gasteiger partial charge in [-0.1, -0.05) is 6.07 Å². The average molecular weight is 265 g/mol. The lowest BCUT2D eigenvalue weighted by Crippen LogP contribution is -2.00. The van der Waals surface area contributed by atoms with E-state index >= 15 is 0 Å². The molecule has 0 aliphatic heterocycles. The summed E-state index contributed by atoms with van der Waals surface area (Å²) in [5.41, 5.74) is 1.09. The smallest absolute Gasteiger partial charge is 0.194 e. The molecule has 0 bridgehead atoms. The molecular formula is C12H15N3O2S. The van der Waals surface area contributed by atoms with E-state index in [2.05, 4.69) is 10.2 Å². The molecule has 1 heterocycles. The monoisotopic (exact) mass is 265 g/mol. The first-order valence-electron chi connectivity index (χ1n) is 5.47. The van der Waals surface area contributed by atoms with E-state index in [9.17, 15) is 0 Å². The molecule has 0 saturated heterocycles. The molecule has 18 heavy (non-hydrogen) atoms. The number of nitrogens with one attached hydrogen (secondary N) is 1. The number of ether oxygens (including phenoxy) is 2. The Morgan fingerprint density at radius 3 is 2.56 bits per heavy atom. The lowest BCUT2D eigenvalue weighted by atomic mass is 10.1. The molecule has 2 rings (SSSR count). The summed E-state index contributed by atoms with van der Waals surface area (Å²) in [6.07, 6.45) is 0.685. The van der Waals surface area contributed by atoms with Crippen LogP contribution in [0.1, 0.15) is 11.4 Å². The highest BCUT2D eigenvalue weighted by Crippen LogP contribution is 2.28. The first-order chi connectivity index (χ1) is 8.65. The van der Waals surface area contributed by atoms with Crippen molar-refractivity contribution in [2.45, 2.75) is 6.42 Å². The maximum absolute atomic E-state index is 5.27. The minimum absolute atomic E-state index is 0.616. The minimum Gasteiger partial charge on any atom is -0.493 e. The summed E-state index contributed by atoms with van der Waals surface area (Å²) in [4.78, 5) is 0. The molecule has 1 aromatic heterocycles. The van der Waals surface area contributed by atoms with E-state index < -0.39 is 0 Å². The number of nitrogens with zero attached hydrogens (tertiary/aromatic N) is 2. The van der Waals surface area contributed by atoms with Gasteiger partial charge in [-0.15, -0.1) is 0 Å². The van der Waals surface area contributed by atoms with E-state index in [0.29, 0.717) is 16.9 Å².